The van der Waals surface area contributed by atoms with Gasteiger partial charge in [-0.15, -0.1) is 5.10 Å². The summed E-state index contributed by atoms with van der Waals surface area (Å²) < 4.78 is 11.7. The van der Waals surface area contributed by atoms with Crippen molar-refractivity contribution in [2.24, 2.45) is 11.7 Å². The maximum absolute atomic E-state index is 12.0. The van der Waals surface area contributed by atoms with Crippen molar-refractivity contribution in [3.05, 3.63) is 12.2 Å². The second kappa shape index (κ2) is 7.87. The molecule has 2 rings (SSSR count). The van der Waals surface area contributed by atoms with Crippen molar-refractivity contribution in [2.75, 3.05) is 6.61 Å². The number of esters is 1. The molecule has 0 aromatic carbocycles. The predicted octanol–water partition coefficient (Wildman–Crippen LogP) is -2.80. The number of aliphatic hydroxyl groups is 2. The summed E-state index contributed by atoms with van der Waals surface area (Å²) in [7, 11) is 0. The minimum Gasteiger partial charge on any atom is -0.458 e. The first kappa shape index (κ1) is 19.2. The Labute approximate surface area is 143 Å². The number of aliphatic hydroxyl groups excluding tert-OH is 2. The van der Waals surface area contributed by atoms with Gasteiger partial charge in [0.1, 0.15) is 31.2 Å². The minimum atomic E-state index is -1.34. The van der Waals surface area contributed by atoms with E-state index in [1.165, 1.54) is 0 Å². The molecular weight excluding hydrogens is 334 g/mol. The molecule has 0 unspecified atom stereocenters. The normalized spacial score (nSPS) is 28.5. The van der Waals surface area contributed by atoms with Crippen LogP contribution in [0.5, 0.6) is 0 Å². The lowest BCUT2D eigenvalue weighted by Gasteiger charge is -2.17. The smallest absolute Gasteiger partial charge is 0.365 e. The number of carbonyl (C=O) groups is 2. The van der Waals surface area contributed by atoms with Crippen molar-refractivity contribution in [3.8, 4) is 0 Å². The number of hydrogen-bond acceptors (Lipinski definition) is 8. The molecule has 0 aliphatic carbocycles. The van der Waals surface area contributed by atoms with Crippen LogP contribution >= 0.6 is 0 Å². The molecule has 1 aliphatic heterocycles. The van der Waals surface area contributed by atoms with E-state index in [2.05, 4.69) is 15.8 Å². The quantitative estimate of drug-likeness (QED) is 0.377. The Morgan fingerprint density at radius 3 is 2.72 bits per heavy atom. The fourth-order valence-corrected chi connectivity index (χ4v) is 2.38. The van der Waals surface area contributed by atoms with E-state index < -0.39 is 42.5 Å². The van der Waals surface area contributed by atoms with Gasteiger partial charge in [-0.05, 0) is 6.42 Å². The van der Waals surface area contributed by atoms with Crippen LogP contribution in [0.3, 0.4) is 0 Å². The number of primary amides is 1. The molecule has 2 heterocycles. The zero-order chi connectivity index (χ0) is 18.7. The van der Waals surface area contributed by atoms with Crippen LogP contribution in [0.2, 0.25) is 0 Å². The van der Waals surface area contributed by atoms with E-state index in [-0.39, 0.29) is 18.3 Å². The summed E-state index contributed by atoms with van der Waals surface area (Å²) in [6.07, 6.45) is -2.73. The molecule has 1 fully saturated rings. The molecular formula is C14H24N5O6+. The first-order chi connectivity index (χ1) is 11.8. The Hall–Kier alpha value is -2.08. The zero-order valence-electron chi connectivity index (χ0n) is 14.1. The zero-order valence-corrected chi connectivity index (χ0v) is 14.1. The fourth-order valence-electron chi connectivity index (χ4n) is 2.38. The SMILES string of the molecule is CC[C@H](C)[C@H]([NH3+])C(=O)OC[C@H]1O[C@@H](n2cnc(C(N)=O)n2)[C@H](O)[C@@H]1O. The number of aromatic nitrogens is 3. The molecule has 11 heteroatoms. The number of amides is 1. The molecule has 0 spiro atoms. The third kappa shape index (κ3) is 4.12. The minimum absolute atomic E-state index is 0.0580. The van der Waals surface area contributed by atoms with Crippen LogP contribution in [0.4, 0.5) is 0 Å². The number of nitrogens with zero attached hydrogens (tertiary/aromatic N) is 3. The number of rotatable bonds is 7. The largest absolute Gasteiger partial charge is 0.458 e. The average Bonchev–Trinajstić information content (AvgIpc) is 3.18. The molecule has 7 N–H and O–H groups in total. The number of ether oxygens (including phenoxy) is 2. The Morgan fingerprint density at radius 1 is 1.48 bits per heavy atom. The summed E-state index contributed by atoms with van der Waals surface area (Å²) in [4.78, 5) is 26.7. The summed E-state index contributed by atoms with van der Waals surface area (Å²) in [6, 6.07) is -0.530. The van der Waals surface area contributed by atoms with Crippen LogP contribution in [0.1, 0.15) is 37.1 Å². The fraction of sp³-hybridized carbons (Fsp3) is 0.714. The van der Waals surface area contributed by atoms with Crippen LogP contribution in [-0.4, -0.2) is 67.8 Å². The lowest BCUT2D eigenvalue weighted by Crippen LogP contribution is -2.68. The van der Waals surface area contributed by atoms with E-state index in [0.717, 1.165) is 17.4 Å². The molecule has 11 nitrogen and oxygen atoms in total. The van der Waals surface area contributed by atoms with Crippen molar-refractivity contribution in [1.29, 1.82) is 0 Å². The van der Waals surface area contributed by atoms with Gasteiger partial charge in [-0.1, -0.05) is 13.8 Å². The van der Waals surface area contributed by atoms with Crippen LogP contribution in [-0.2, 0) is 14.3 Å². The molecule has 1 aromatic heterocycles. The van der Waals surface area contributed by atoms with Gasteiger partial charge in [-0.25, -0.2) is 14.5 Å². The van der Waals surface area contributed by atoms with E-state index in [4.69, 9.17) is 15.2 Å². The third-order valence-corrected chi connectivity index (χ3v) is 4.35. The average molecular weight is 358 g/mol. The molecule has 0 bridgehead atoms. The predicted molar refractivity (Wildman–Crippen MR) is 81.6 cm³/mol. The van der Waals surface area contributed by atoms with E-state index in [1.807, 2.05) is 13.8 Å². The standard InChI is InChI=1S/C14H23N5O6/c1-3-6(2)8(15)14(23)24-4-7-9(20)10(21)13(25-7)19-5-17-12(18-19)11(16)22/h5-10,13,20-21H,3-4,15H2,1-2H3,(H2,16,22)/p+1/t6-,7+,8-,9+,10+,13+/m0/s1. The van der Waals surface area contributed by atoms with E-state index in [1.54, 1.807) is 0 Å². The topological polar surface area (TPSA) is 177 Å². The second-order valence-electron chi connectivity index (χ2n) is 6.08. The molecule has 140 valence electrons. The van der Waals surface area contributed by atoms with Crippen molar-refractivity contribution >= 4 is 11.9 Å². The summed E-state index contributed by atoms with van der Waals surface area (Å²) in [6.45, 7) is 3.59. The van der Waals surface area contributed by atoms with Gasteiger partial charge in [0.25, 0.3) is 5.91 Å². The number of nitrogens with two attached hydrogens (primary N) is 1. The first-order valence-electron chi connectivity index (χ1n) is 7.98. The number of carbonyl (C=O) groups excluding carboxylic acids is 2. The molecule has 1 aromatic rings. The Kier molecular flexibility index (Phi) is 6.06. The highest BCUT2D eigenvalue weighted by molar-refractivity contribution is 5.88. The van der Waals surface area contributed by atoms with Crippen LogP contribution in [0, 0.1) is 5.92 Å². The molecule has 6 atom stereocenters. The van der Waals surface area contributed by atoms with E-state index in [9.17, 15) is 19.8 Å². The molecule has 1 saturated heterocycles. The molecule has 0 saturated carbocycles. The van der Waals surface area contributed by atoms with E-state index >= 15 is 0 Å². The summed E-state index contributed by atoms with van der Waals surface area (Å²) in [5, 5.41) is 24.0. The Balaban J connectivity index is 1.97. The highest BCUT2D eigenvalue weighted by atomic mass is 16.6. The second-order valence-corrected chi connectivity index (χ2v) is 6.08. The first-order valence-corrected chi connectivity index (χ1v) is 7.98. The maximum Gasteiger partial charge on any atom is 0.365 e. The maximum atomic E-state index is 12.0. The van der Waals surface area contributed by atoms with Crippen molar-refractivity contribution in [3.63, 3.8) is 0 Å². The van der Waals surface area contributed by atoms with Gasteiger partial charge in [0, 0.05) is 5.92 Å². The lowest BCUT2D eigenvalue weighted by molar-refractivity contribution is -0.420. The summed E-state index contributed by atoms with van der Waals surface area (Å²) in [5.74, 6) is -1.51. The van der Waals surface area contributed by atoms with Gasteiger partial charge in [-0.3, -0.25) is 4.79 Å². The molecule has 0 radical (unpaired) electrons. The Bertz CT molecular complexity index is 623. The summed E-state index contributed by atoms with van der Waals surface area (Å²) >= 11 is 0. The van der Waals surface area contributed by atoms with Crippen molar-refractivity contribution in [2.45, 2.75) is 50.8 Å². The van der Waals surface area contributed by atoms with Gasteiger partial charge in [-0.2, -0.15) is 0 Å². The Morgan fingerprint density at radius 2 is 2.16 bits per heavy atom. The van der Waals surface area contributed by atoms with Crippen molar-refractivity contribution < 1.29 is 35.0 Å². The molecule has 1 amide bonds. The van der Waals surface area contributed by atoms with Gasteiger partial charge >= 0.3 is 5.97 Å². The summed E-state index contributed by atoms with van der Waals surface area (Å²) in [5.41, 5.74) is 8.84. The van der Waals surface area contributed by atoms with Gasteiger partial charge < -0.3 is 31.2 Å². The van der Waals surface area contributed by atoms with Crippen LogP contribution < -0.4 is 11.5 Å². The highest BCUT2D eigenvalue weighted by Crippen LogP contribution is 2.29. The molecule has 1 aliphatic rings. The highest BCUT2D eigenvalue weighted by Gasteiger charge is 2.45. The molecule has 25 heavy (non-hydrogen) atoms. The van der Waals surface area contributed by atoms with Gasteiger partial charge in [0.2, 0.25) is 5.82 Å². The van der Waals surface area contributed by atoms with Crippen molar-refractivity contribution in [1.82, 2.24) is 14.8 Å². The van der Waals surface area contributed by atoms with Gasteiger partial charge in [0.15, 0.2) is 12.3 Å². The van der Waals surface area contributed by atoms with E-state index in [0.29, 0.717) is 0 Å². The van der Waals surface area contributed by atoms with Crippen LogP contribution in [0.25, 0.3) is 0 Å². The monoisotopic (exact) mass is 358 g/mol. The lowest BCUT2D eigenvalue weighted by atomic mass is 10.0. The number of quaternary nitrogens is 1. The van der Waals surface area contributed by atoms with Gasteiger partial charge in [0.05, 0.1) is 0 Å². The third-order valence-electron chi connectivity index (χ3n) is 4.35. The number of hydrogen-bond donors (Lipinski definition) is 4. The van der Waals surface area contributed by atoms with Crippen LogP contribution in [0.15, 0.2) is 6.33 Å².